The maximum atomic E-state index is 12.8. The van der Waals surface area contributed by atoms with Crippen LogP contribution in [-0.2, 0) is 24.9 Å². The van der Waals surface area contributed by atoms with E-state index in [9.17, 15) is 14.4 Å². The summed E-state index contributed by atoms with van der Waals surface area (Å²) in [5.41, 5.74) is 3.71. The molecule has 0 unspecified atom stereocenters. The smallest absolute Gasteiger partial charge is 0.332 e. The largest absolute Gasteiger partial charge is 0.342 e. The van der Waals surface area contributed by atoms with Crippen LogP contribution in [0.3, 0.4) is 0 Å². The molecule has 0 spiro atoms. The molecule has 0 saturated carbocycles. The van der Waals surface area contributed by atoms with E-state index in [2.05, 4.69) is 5.32 Å². The van der Waals surface area contributed by atoms with Crippen LogP contribution < -0.4 is 16.6 Å². The van der Waals surface area contributed by atoms with Gasteiger partial charge in [-0.05, 0) is 45.4 Å². The van der Waals surface area contributed by atoms with Crippen molar-refractivity contribution < 1.29 is 4.79 Å². The van der Waals surface area contributed by atoms with Gasteiger partial charge in [-0.15, -0.1) is 0 Å². The number of nitrogens with one attached hydrogen (secondary N) is 1. The first-order valence-corrected chi connectivity index (χ1v) is 8.91. The van der Waals surface area contributed by atoms with Gasteiger partial charge in [-0.2, -0.15) is 0 Å². The van der Waals surface area contributed by atoms with Crippen molar-refractivity contribution >= 4 is 22.6 Å². The third-order valence-corrected chi connectivity index (χ3v) is 4.93. The van der Waals surface area contributed by atoms with Crippen molar-refractivity contribution in [1.82, 2.24) is 13.7 Å². The molecular weight excluding hydrogens is 344 g/mol. The maximum Gasteiger partial charge on any atom is 0.332 e. The highest BCUT2D eigenvalue weighted by Crippen LogP contribution is 2.17. The molecule has 0 aliphatic carbocycles. The lowest BCUT2D eigenvalue weighted by Gasteiger charge is -2.13. The number of carbonyl (C=O) groups is 1. The van der Waals surface area contributed by atoms with E-state index in [1.807, 2.05) is 39.0 Å². The van der Waals surface area contributed by atoms with Gasteiger partial charge in [0, 0.05) is 25.0 Å². The molecule has 0 saturated heterocycles. The molecule has 3 rings (SSSR count). The Balaban J connectivity index is 2.06. The molecule has 7 nitrogen and oxygen atoms in total. The summed E-state index contributed by atoms with van der Waals surface area (Å²) >= 11 is 0. The third kappa shape index (κ3) is 3.20. The van der Waals surface area contributed by atoms with Crippen LogP contribution in [0.15, 0.2) is 33.9 Å². The van der Waals surface area contributed by atoms with Crippen molar-refractivity contribution in [3.8, 4) is 0 Å². The van der Waals surface area contributed by atoms with Gasteiger partial charge in [-0.1, -0.05) is 17.7 Å². The van der Waals surface area contributed by atoms with E-state index in [-0.39, 0.29) is 24.6 Å². The summed E-state index contributed by atoms with van der Waals surface area (Å²) in [6.45, 7) is 7.60. The highest BCUT2D eigenvalue weighted by molar-refractivity contribution is 5.92. The molecule has 27 heavy (non-hydrogen) atoms. The quantitative estimate of drug-likeness (QED) is 0.766. The van der Waals surface area contributed by atoms with Crippen molar-refractivity contribution in [2.24, 2.45) is 7.05 Å². The summed E-state index contributed by atoms with van der Waals surface area (Å²) in [7, 11) is 1.78. The lowest BCUT2D eigenvalue weighted by molar-refractivity contribution is -0.116. The first-order valence-electron chi connectivity index (χ1n) is 8.91. The standard InChI is InChI=1S/C20H24N4O3/c1-6-23-19(26)18-16(10-14(4)22(18)5)24(20(23)27)11-17(25)21-15-8-7-12(2)9-13(15)3/h7-10H,6,11H2,1-5H3,(H,21,25). The Kier molecular flexibility index (Phi) is 4.78. The van der Waals surface area contributed by atoms with Gasteiger partial charge in [0.05, 0.1) is 5.52 Å². The zero-order chi connectivity index (χ0) is 19.9. The van der Waals surface area contributed by atoms with Gasteiger partial charge in [0.2, 0.25) is 5.91 Å². The van der Waals surface area contributed by atoms with Crippen LogP contribution >= 0.6 is 0 Å². The maximum absolute atomic E-state index is 12.8. The van der Waals surface area contributed by atoms with Crippen LogP contribution in [0.25, 0.3) is 11.0 Å². The average molecular weight is 368 g/mol. The number of carbonyl (C=O) groups excluding carboxylic acids is 1. The molecule has 1 aromatic carbocycles. The fourth-order valence-corrected chi connectivity index (χ4v) is 3.35. The number of nitrogens with zero attached hydrogens (tertiary/aromatic N) is 3. The van der Waals surface area contributed by atoms with Crippen molar-refractivity contribution in [3.63, 3.8) is 0 Å². The number of aryl methyl sites for hydroxylation is 4. The van der Waals surface area contributed by atoms with Crippen LogP contribution in [-0.4, -0.2) is 19.6 Å². The lowest BCUT2D eigenvalue weighted by Crippen LogP contribution is -2.41. The number of anilines is 1. The summed E-state index contributed by atoms with van der Waals surface area (Å²) in [5.74, 6) is -0.312. The molecule has 1 amide bonds. The normalized spacial score (nSPS) is 11.1. The Hall–Kier alpha value is -3.09. The second-order valence-corrected chi connectivity index (χ2v) is 6.86. The minimum atomic E-state index is -0.476. The van der Waals surface area contributed by atoms with Crippen molar-refractivity contribution in [2.45, 2.75) is 40.8 Å². The Morgan fingerprint density at radius 3 is 2.41 bits per heavy atom. The molecule has 0 aliphatic rings. The highest BCUT2D eigenvalue weighted by Gasteiger charge is 2.18. The predicted octanol–water partition coefficient (Wildman–Crippen LogP) is 2.09. The van der Waals surface area contributed by atoms with Gasteiger partial charge in [0.25, 0.3) is 5.56 Å². The van der Waals surface area contributed by atoms with Crippen LogP contribution in [0, 0.1) is 20.8 Å². The molecule has 3 aromatic rings. The second kappa shape index (κ2) is 6.90. The van der Waals surface area contributed by atoms with Gasteiger partial charge in [-0.3, -0.25) is 18.7 Å². The SMILES string of the molecule is CCn1c(=O)c2c(cc(C)n2C)n(CC(=O)Nc2ccc(C)cc2C)c1=O. The van der Waals surface area contributed by atoms with Gasteiger partial charge in [0.15, 0.2) is 0 Å². The van der Waals surface area contributed by atoms with Gasteiger partial charge in [-0.25, -0.2) is 4.79 Å². The topological polar surface area (TPSA) is 78.0 Å². The van der Waals surface area contributed by atoms with E-state index < -0.39 is 5.69 Å². The van der Waals surface area contributed by atoms with Crippen molar-refractivity contribution in [1.29, 1.82) is 0 Å². The predicted molar refractivity (Wildman–Crippen MR) is 106 cm³/mol. The number of aromatic nitrogens is 3. The number of fused-ring (bicyclic) bond motifs is 1. The van der Waals surface area contributed by atoms with Gasteiger partial charge in [0.1, 0.15) is 12.1 Å². The van der Waals surface area contributed by atoms with Crippen LogP contribution in [0.4, 0.5) is 5.69 Å². The molecular formula is C20H24N4O3. The highest BCUT2D eigenvalue weighted by atomic mass is 16.2. The number of hydrogen-bond donors (Lipinski definition) is 1. The second-order valence-electron chi connectivity index (χ2n) is 6.86. The summed E-state index contributed by atoms with van der Waals surface area (Å²) in [4.78, 5) is 38.1. The average Bonchev–Trinajstić information content (AvgIpc) is 2.90. The van der Waals surface area contributed by atoms with Crippen LogP contribution in [0.2, 0.25) is 0 Å². The zero-order valence-corrected chi connectivity index (χ0v) is 16.3. The van der Waals surface area contributed by atoms with Gasteiger partial charge < -0.3 is 9.88 Å². The van der Waals surface area contributed by atoms with Crippen LogP contribution in [0.5, 0.6) is 0 Å². The van der Waals surface area contributed by atoms with E-state index in [0.717, 1.165) is 21.4 Å². The molecule has 0 bridgehead atoms. The van der Waals surface area contributed by atoms with E-state index in [0.29, 0.717) is 16.7 Å². The number of rotatable bonds is 4. The van der Waals surface area contributed by atoms with Crippen molar-refractivity contribution in [3.05, 3.63) is 61.9 Å². The molecule has 0 fully saturated rings. The van der Waals surface area contributed by atoms with E-state index >= 15 is 0 Å². The lowest BCUT2D eigenvalue weighted by atomic mass is 10.1. The number of hydrogen-bond acceptors (Lipinski definition) is 3. The molecule has 1 N–H and O–H groups in total. The number of amides is 1. The summed E-state index contributed by atoms with van der Waals surface area (Å²) in [6, 6.07) is 7.52. The number of benzene rings is 1. The summed E-state index contributed by atoms with van der Waals surface area (Å²) in [5, 5.41) is 2.86. The summed E-state index contributed by atoms with van der Waals surface area (Å²) in [6.07, 6.45) is 0. The Bertz CT molecular complexity index is 1160. The van der Waals surface area contributed by atoms with E-state index in [1.165, 1.54) is 4.57 Å². The van der Waals surface area contributed by atoms with E-state index in [1.54, 1.807) is 24.6 Å². The minimum absolute atomic E-state index is 0.160. The minimum Gasteiger partial charge on any atom is -0.342 e. The Labute approximate surface area is 156 Å². The fraction of sp³-hybridized carbons (Fsp3) is 0.350. The van der Waals surface area contributed by atoms with Crippen molar-refractivity contribution in [2.75, 3.05) is 5.32 Å². The Morgan fingerprint density at radius 2 is 1.78 bits per heavy atom. The van der Waals surface area contributed by atoms with E-state index in [4.69, 9.17) is 0 Å². The summed E-state index contributed by atoms with van der Waals surface area (Å²) < 4.78 is 4.28. The molecule has 2 heterocycles. The first kappa shape index (κ1) is 18.7. The third-order valence-electron chi connectivity index (χ3n) is 4.93. The molecule has 0 radical (unpaired) electrons. The molecule has 7 heteroatoms. The molecule has 0 atom stereocenters. The van der Waals surface area contributed by atoms with Gasteiger partial charge >= 0.3 is 5.69 Å². The van der Waals surface area contributed by atoms with Crippen LogP contribution in [0.1, 0.15) is 23.7 Å². The molecule has 2 aromatic heterocycles. The Morgan fingerprint density at radius 1 is 1.07 bits per heavy atom. The zero-order valence-electron chi connectivity index (χ0n) is 16.3. The first-order chi connectivity index (χ1) is 12.7. The monoisotopic (exact) mass is 368 g/mol. The molecule has 0 aliphatic heterocycles. The molecule has 142 valence electrons. The fourth-order valence-electron chi connectivity index (χ4n) is 3.35.